The van der Waals surface area contributed by atoms with Gasteiger partial charge in [0.2, 0.25) is 5.95 Å². The number of hydrogen-bond donors (Lipinski definition) is 3. The van der Waals surface area contributed by atoms with Crippen molar-refractivity contribution in [3.05, 3.63) is 59.8 Å². The van der Waals surface area contributed by atoms with E-state index < -0.39 is 0 Å². The van der Waals surface area contributed by atoms with Gasteiger partial charge in [0.05, 0.1) is 18.4 Å². The molecule has 1 aromatic heterocycles. The lowest BCUT2D eigenvalue weighted by Crippen LogP contribution is -2.34. The molecule has 3 aromatic rings. The minimum absolute atomic E-state index is 0.135. The third-order valence-corrected chi connectivity index (χ3v) is 7.32. The van der Waals surface area contributed by atoms with E-state index in [4.69, 9.17) is 15.2 Å². The number of benzene rings is 2. The molecule has 1 amide bonds. The van der Waals surface area contributed by atoms with Crippen LogP contribution in [0.2, 0.25) is 0 Å². The molecule has 4 N–H and O–H groups in total. The Balaban J connectivity index is 1.46. The van der Waals surface area contributed by atoms with E-state index >= 15 is 0 Å². The van der Waals surface area contributed by atoms with E-state index in [1.54, 1.807) is 18.3 Å². The third kappa shape index (κ3) is 6.42. The second-order valence-corrected chi connectivity index (χ2v) is 11.0. The van der Waals surface area contributed by atoms with Gasteiger partial charge in [-0.15, -0.1) is 0 Å². The van der Waals surface area contributed by atoms with Crippen LogP contribution in [0.4, 0.5) is 17.3 Å². The Hall–Kier alpha value is -3.65. The molecule has 0 unspecified atom stereocenters. The zero-order valence-electron chi connectivity index (χ0n) is 22.3. The van der Waals surface area contributed by atoms with Crippen LogP contribution in [0.1, 0.15) is 68.3 Å². The first kappa shape index (κ1) is 26.0. The highest BCUT2D eigenvalue weighted by Gasteiger charge is 2.21. The summed E-state index contributed by atoms with van der Waals surface area (Å²) in [6, 6.07) is 13.2. The number of aromatic nitrogens is 2. The van der Waals surface area contributed by atoms with Crippen LogP contribution in [0.3, 0.4) is 0 Å². The van der Waals surface area contributed by atoms with Crippen LogP contribution < -0.4 is 21.1 Å². The zero-order chi connectivity index (χ0) is 26.5. The van der Waals surface area contributed by atoms with E-state index in [0.717, 1.165) is 41.8 Å². The Morgan fingerprint density at radius 1 is 1.08 bits per heavy atom. The molecule has 2 aliphatic heterocycles. The van der Waals surface area contributed by atoms with Gasteiger partial charge in [-0.1, -0.05) is 20.3 Å². The number of rotatable bonds is 2. The monoisotopic (exact) mass is 515 g/mol. The van der Waals surface area contributed by atoms with E-state index in [9.17, 15) is 4.79 Å². The standard InChI is InChI=1S/C30H37N5O3/c1-30(2)13-15-37-18-21-16-22(9-11-27(21)38-23-6-4-3-5-7-23)34-29-32-14-12-26(35-29)24-10-8-20(17-25(24)31)28(36)33-19-30/h8-12,14,16-17,23H,3-7,13,15,18-19,31H2,1-2H3,(H,33,36)(H,32,34,35). The molecule has 3 aliphatic rings. The van der Waals surface area contributed by atoms with Crippen LogP contribution in [0.5, 0.6) is 5.75 Å². The van der Waals surface area contributed by atoms with Gasteiger partial charge in [-0.05, 0) is 80.0 Å². The van der Waals surface area contributed by atoms with Gasteiger partial charge in [0, 0.05) is 47.4 Å². The van der Waals surface area contributed by atoms with Crippen LogP contribution >= 0.6 is 0 Å². The Kier molecular flexibility index (Phi) is 7.79. The number of ether oxygens (including phenoxy) is 2. The maximum absolute atomic E-state index is 12.8. The smallest absolute Gasteiger partial charge is 0.251 e. The van der Waals surface area contributed by atoms with Crippen LogP contribution in [0.25, 0.3) is 11.3 Å². The predicted octanol–water partition coefficient (Wildman–Crippen LogP) is 5.86. The second-order valence-electron chi connectivity index (χ2n) is 11.0. The number of nitrogens with one attached hydrogen (secondary N) is 2. The van der Waals surface area contributed by atoms with Gasteiger partial charge in [-0.3, -0.25) is 4.79 Å². The molecule has 200 valence electrons. The van der Waals surface area contributed by atoms with Gasteiger partial charge >= 0.3 is 0 Å². The summed E-state index contributed by atoms with van der Waals surface area (Å²) in [6.07, 6.45) is 8.62. The van der Waals surface area contributed by atoms with Gasteiger partial charge in [0.15, 0.2) is 0 Å². The topological polar surface area (TPSA) is 111 Å². The van der Waals surface area contributed by atoms with Gasteiger partial charge in [0.25, 0.3) is 5.91 Å². The number of fused-ring (bicyclic) bond motifs is 9. The van der Waals surface area contributed by atoms with Crippen LogP contribution in [-0.4, -0.2) is 35.1 Å². The molecule has 1 aliphatic carbocycles. The summed E-state index contributed by atoms with van der Waals surface area (Å²) >= 11 is 0. The minimum atomic E-state index is -0.152. The average molecular weight is 516 g/mol. The number of nitrogen functional groups attached to an aromatic ring is 1. The Bertz CT molecular complexity index is 1290. The van der Waals surface area contributed by atoms with Crippen molar-refractivity contribution >= 4 is 23.2 Å². The second kappa shape index (κ2) is 11.4. The van der Waals surface area contributed by atoms with Crippen molar-refractivity contribution < 1.29 is 14.3 Å². The fraction of sp³-hybridized carbons (Fsp3) is 0.433. The minimum Gasteiger partial charge on any atom is -0.490 e. The molecule has 3 heterocycles. The number of carbonyl (C=O) groups excluding carboxylic acids is 1. The molecule has 0 saturated heterocycles. The zero-order valence-corrected chi connectivity index (χ0v) is 22.3. The summed E-state index contributed by atoms with van der Waals surface area (Å²) in [6.45, 7) is 5.78. The van der Waals surface area contributed by atoms with Gasteiger partial charge in [-0.2, -0.15) is 0 Å². The van der Waals surface area contributed by atoms with Crippen molar-refractivity contribution in [3.8, 4) is 17.0 Å². The highest BCUT2D eigenvalue weighted by molar-refractivity contribution is 5.96. The fourth-order valence-corrected chi connectivity index (χ4v) is 4.92. The largest absolute Gasteiger partial charge is 0.490 e. The van der Waals surface area contributed by atoms with E-state index in [1.165, 1.54) is 19.3 Å². The lowest BCUT2D eigenvalue weighted by molar-refractivity contribution is 0.0815. The molecule has 6 rings (SSSR count). The van der Waals surface area contributed by atoms with Crippen LogP contribution in [0.15, 0.2) is 48.7 Å². The number of amides is 1. The van der Waals surface area contributed by atoms with Crippen LogP contribution in [0, 0.1) is 5.41 Å². The van der Waals surface area contributed by atoms with Crippen molar-refractivity contribution in [1.82, 2.24) is 15.3 Å². The van der Waals surface area contributed by atoms with Crippen molar-refractivity contribution in [2.24, 2.45) is 5.41 Å². The summed E-state index contributed by atoms with van der Waals surface area (Å²) < 4.78 is 12.6. The first-order valence-electron chi connectivity index (χ1n) is 13.5. The summed E-state index contributed by atoms with van der Waals surface area (Å²) in [4.78, 5) is 21.9. The molecule has 1 saturated carbocycles. The Labute approximate surface area is 224 Å². The molecule has 38 heavy (non-hydrogen) atoms. The lowest BCUT2D eigenvalue weighted by atomic mass is 9.89. The Morgan fingerprint density at radius 2 is 1.92 bits per heavy atom. The number of nitrogens with zero attached hydrogens (tertiary/aromatic N) is 2. The SMILES string of the molecule is CC1(C)CCOCc2cc(ccc2OC2CCCCC2)Nc2nccc(n2)-c2ccc(cc2N)C(=O)NC1. The van der Waals surface area contributed by atoms with Gasteiger partial charge in [-0.25, -0.2) is 9.97 Å². The highest BCUT2D eigenvalue weighted by atomic mass is 16.5. The summed E-state index contributed by atoms with van der Waals surface area (Å²) in [5.41, 5.74) is 10.5. The van der Waals surface area contributed by atoms with E-state index in [1.807, 2.05) is 24.3 Å². The van der Waals surface area contributed by atoms with Gasteiger partial charge in [0.1, 0.15) is 5.75 Å². The van der Waals surface area contributed by atoms with Crippen LogP contribution in [-0.2, 0) is 11.3 Å². The van der Waals surface area contributed by atoms with Gasteiger partial charge < -0.3 is 25.8 Å². The highest BCUT2D eigenvalue weighted by Crippen LogP contribution is 2.31. The molecule has 8 heteroatoms. The first-order valence-corrected chi connectivity index (χ1v) is 13.5. The van der Waals surface area contributed by atoms with E-state index in [0.29, 0.717) is 42.7 Å². The lowest BCUT2D eigenvalue weighted by Gasteiger charge is -2.26. The molecule has 0 radical (unpaired) electrons. The molecule has 0 spiro atoms. The molecule has 6 bridgehead atoms. The normalized spacial score (nSPS) is 18.4. The molecular formula is C30H37N5O3. The summed E-state index contributed by atoms with van der Waals surface area (Å²) in [5, 5.41) is 6.37. The molecule has 8 nitrogen and oxygen atoms in total. The average Bonchev–Trinajstić information content (AvgIpc) is 2.91. The van der Waals surface area contributed by atoms with E-state index in [2.05, 4.69) is 40.5 Å². The molecule has 0 atom stereocenters. The molecule has 2 aromatic carbocycles. The Morgan fingerprint density at radius 3 is 2.74 bits per heavy atom. The van der Waals surface area contributed by atoms with Crippen molar-refractivity contribution in [2.75, 3.05) is 24.2 Å². The summed E-state index contributed by atoms with van der Waals surface area (Å²) in [7, 11) is 0. The molecular weight excluding hydrogens is 478 g/mol. The number of carbonyl (C=O) groups is 1. The first-order chi connectivity index (χ1) is 18.4. The number of hydrogen-bond acceptors (Lipinski definition) is 7. The maximum atomic E-state index is 12.8. The third-order valence-electron chi connectivity index (χ3n) is 7.32. The van der Waals surface area contributed by atoms with Crippen molar-refractivity contribution in [2.45, 2.75) is 65.1 Å². The summed E-state index contributed by atoms with van der Waals surface area (Å²) in [5.74, 6) is 1.17. The maximum Gasteiger partial charge on any atom is 0.251 e. The molecule has 1 fully saturated rings. The predicted molar refractivity (Wildman–Crippen MR) is 149 cm³/mol. The van der Waals surface area contributed by atoms with Crippen molar-refractivity contribution in [1.29, 1.82) is 0 Å². The van der Waals surface area contributed by atoms with Crippen molar-refractivity contribution in [3.63, 3.8) is 0 Å². The number of nitrogens with two attached hydrogens (primary N) is 1. The fourth-order valence-electron chi connectivity index (χ4n) is 4.92. The quantitative estimate of drug-likeness (QED) is 0.367. The van der Waals surface area contributed by atoms with E-state index in [-0.39, 0.29) is 17.4 Å². The number of anilines is 3.